The Bertz CT molecular complexity index is 499. The molecule has 1 saturated carbocycles. The Hall–Kier alpha value is -1.06. The maximum atomic E-state index is 13.2. The molecule has 2 aliphatic rings. The van der Waals surface area contributed by atoms with Crippen LogP contribution in [0.5, 0.6) is 0 Å². The molecule has 1 aromatic rings. The Balaban J connectivity index is 0.00000192. The minimum Gasteiger partial charge on any atom is -0.342 e. The normalized spacial score (nSPS) is 22.8. The van der Waals surface area contributed by atoms with Crippen molar-refractivity contribution in [2.45, 2.75) is 38.5 Å². The predicted octanol–water partition coefficient (Wildman–Crippen LogP) is 3.28. The summed E-state index contributed by atoms with van der Waals surface area (Å²) in [4.78, 5) is 15.3. The van der Waals surface area contributed by atoms with Gasteiger partial charge in [0.1, 0.15) is 0 Å². The highest BCUT2D eigenvalue weighted by molar-refractivity contribution is 5.85. The number of carbonyl (C=O) groups excluding carboxylic acids is 1. The van der Waals surface area contributed by atoms with E-state index in [2.05, 4.69) is 34.5 Å². The van der Waals surface area contributed by atoms with Crippen LogP contribution in [-0.4, -0.2) is 37.5 Å². The molecule has 1 heterocycles. The van der Waals surface area contributed by atoms with Crippen LogP contribution in [0.4, 0.5) is 0 Å². The van der Waals surface area contributed by atoms with Crippen LogP contribution in [-0.2, 0) is 11.2 Å². The van der Waals surface area contributed by atoms with Gasteiger partial charge >= 0.3 is 0 Å². The number of likely N-dealkylation sites (tertiary alicyclic amines) is 1. The summed E-state index contributed by atoms with van der Waals surface area (Å²) >= 11 is 0. The van der Waals surface area contributed by atoms with Gasteiger partial charge in [0.15, 0.2) is 0 Å². The maximum absolute atomic E-state index is 13.2. The van der Waals surface area contributed by atoms with Gasteiger partial charge in [0.25, 0.3) is 0 Å². The van der Waals surface area contributed by atoms with E-state index >= 15 is 0 Å². The van der Waals surface area contributed by atoms with Crippen LogP contribution in [0, 0.1) is 11.3 Å². The van der Waals surface area contributed by atoms with E-state index in [1.54, 1.807) is 0 Å². The fraction of sp³-hybridized carbons (Fsp3) is 0.632. The third kappa shape index (κ3) is 4.07. The molecular weight excluding hydrogens is 308 g/mol. The van der Waals surface area contributed by atoms with Crippen molar-refractivity contribution in [3.05, 3.63) is 35.9 Å². The number of nitrogens with one attached hydrogen (secondary N) is 1. The lowest BCUT2D eigenvalue weighted by Crippen LogP contribution is -2.52. The van der Waals surface area contributed by atoms with Crippen LogP contribution < -0.4 is 5.32 Å². The van der Waals surface area contributed by atoms with E-state index in [1.165, 1.54) is 18.4 Å². The Morgan fingerprint density at radius 2 is 2.00 bits per heavy atom. The summed E-state index contributed by atoms with van der Waals surface area (Å²) in [5, 5.41) is 3.27. The van der Waals surface area contributed by atoms with Crippen molar-refractivity contribution in [3.8, 4) is 0 Å². The molecular formula is C19H29ClN2O. The summed E-state index contributed by atoms with van der Waals surface area (Å²) in [6.45, 7) is 2.92. The Labute approximate surface area is 146 Å². The first-order valence-electron chi connectivity index (χ1n) is 8.71. The van der Waals surface area contributed by atoms with E-state index in [9.17, 15) is 4.79 Å². The maximum Gasteiger partial charge on any atom is 0.229 e. The average Bonchev–Trinajstić information content (AvgIpc) is 2.52. The van der Waals surface area contributed by atoms with Gasteiger partial charge in [-0.2, -0.15) is 0 Å². The summed E-state index contributed by atoms with van der Waals surface area (Å²) in [5.41, 5.74) is 1.20. The largest absolute Gasteiger partial charge is 0.342 e. The molecule has 3 nitrogen and oxygen atoms in total. The first-order chi connectivity index (χ1) is 10.7. The van der Waals surface area contributed by atoms with Crippen molar-refractivity contribution in [1.82, 2.24) is 10.2 Å². The molecule has 0 bridgehead atoms. The molecule has 1 aliphatic heterocycles. The molecule has 1 N–H and O–H groups in total. The van der Waals surface area contributed by atoms with Gasteiger partial charge in [0, 0.05) is 13.1 Å². The zero-order valence-corrected chi connectivity index (χ0v) is 14.9. The summed E-state index contributed by atoms with van der Waals surface area (Å²) < 4.78 is 0. The Morgan fingerprint density at radius 3 is 2.61 bits per heavy atom. The van der Waals surface area contributed by atoms with Crippen LogP contribution >= 0.6 is 12.4 Å². The number of rotatable bonds is 5. The number of piperidine rings is 1. The minimum atomic E-state index is -0.108. The van der Waals surface area contributed by atoms with Crippen molar-refractivity contribution in [2.24, 2.45) is 11.3 Å². The van der Waals surface area contributed by atoms with Crippen molar-refractivity contribution in [2.75, 3.05) is 26.7 Å². The van der Waals surface area contributed by atoms with Crippen LogP contribution in [0.2, 0.25) is 0 Å². The number of hydrogen-bond donors (Lipinski definition) is 1. The zero-order chi connectivity index (χ0) is 15.4. The van der Waals surface area contributed by atoms with Crippen molar-refractivity contribution in [1.29, 1.82) is 0 Å². The summed E-state index contributed by atoms with van der Waals surface area (Å²) in [7, 11) is 2.00. The molecule has 1 unspecified atom stereocenters. The topological polar surface area (TPSA) is 32.3 Å². The predicted molar refractivity (Wildman–Crippen MR) is 96.9 cm³/mol. The van der Waals surface area contributed by atoms with E-state index < -0.39 is 0 Å². The fourth-order valence-corrected chi connectivity index (χ4v) is 4.10. The summed E-state index contributed by atoms with van der Waals surface area (Å²) in [6, 6.07) is 10.5. The molecule has 2 fully saturated rings. The highest BCUT2D eigenvalue weighted by Gasteiger charge is 2.46. The van der Waals surface area contributed by atoms with E-state index in [1.807, 2.05) is 13.1 Å². The number of hydrogen-bond acceptors (Lipinski definition) is 2. The van der Waals surface area contributed by atoms with Gasteiger partial charge in [-0.1, -0.05) is 36.8 Å². The molecule has 1 saturated heterocycles. The average molecular weight is 337 g/mol. The van der Waals surface area contributed by atoms with Gasteiger partial charge in [-0.15, -0.1) is 12.4 Å². The first-order valence-corrected chi connectivity index (χ1v) is 8.71. The number of nitrogens with zero attached hydrogens (tertiary/aromatic N) is 1. The van der Waals surface area contributed by atoms with Crippen molar-refractivity contribution in [3.63, 3.8) is 0 Å². The molecule has 0 aromatic heterocycles. The zero-order valence-electron chi connectivity index (χ0n) is 14.1. The third-order valence-corrected chi connectivity index (χ3v) is 5.45. The second kappa shape index (κ2) is 8.16. The number of carbonyl (C=O) groups is 1. The molecule has 3 rings (SSSR count). The van der Waals surface area contributed by atoms with E-state index in [0.29, 0.717) is 11.8 Å². The monoisotopic (exact) mass is 336 g/mol. The van der Waals surface area contributed by atoms with Crippen LogP contribution in [0.15, 0.2) is 30.3 Å². The van der Waals surface area contributed by atoms with Gasteiger partial charge < -0.3 is 10.2 Å². The molecule has 1 aromatic carbocycles. The SMILES string of the molecule is CNCC1CCCN(C(=O)C2(Cc3ccccc3)CCC2)C1.Cl. The number of halogens is 1. The molecule has 4 heteroatoms. The molecule has 1 atom stereocenters. The Kier molecular flexibility index (Phi) is 6.49. The van der Waals surface area contributed by atoms with Crippen LogP contribution in [0.1, 0.15) is 37.7 Å². The summed E-state index contributed by atoms with van der Waals surface area (Å²) in [5.74, 6) is 1.04. The van der Waals surface area contributed by atoms with E-state index in [4.69, 9.17) is 0 Å². The van der Waals surface area contributed by atoms with Crippen LogP contribution in [0.3, 0.4) is 0 Å². The van der Waals surface area contributed by atoms with Crippen LogP contribution in [0.25, 0.3) is 0 Å². The van der Waals surface area contributed by atoms with E-state index in [-0.39, 0.29) is 17.8 Å². The van der Waals surface area contributed by atoms with Crippen molar-refractivity contribution < 1.29 is 4.79 Å². The fourth-order valence-electron chi connectivity index (χ4n) is 4.10. The molecule has 0 radical (unpaired) electrons. The van der Waals surface area contributed by atoms with Gasteiger partial charge in [-0.3, -0.25) is 4.79 Å². The third-order valence-electron chi connectivity index (χ3n) is 5.45. The quantitative estimate of drug-likeness (QED) is 0.895. The minimum absolute atomic E-state index is 0. The molecule has 0 spiro atoms. The van der Waals surface area contributed by atoms with E-state index in [0.717, 1.165) is 45.3 Å². The highest BCUT2D eigenvalue weighted by Crippen LogP contribution is 2.45. The smallest absolute Gasteiger partial charge is 0.229 e. The number of benzene rings is 1. The molecule has 1 aliphatic carbocycles. The first kappa shape index (κ1) is 18.3. The number of amides is 1. The standard InChI is InChI=1S/C19H28N2O.ClH/c1-20-14-17-9-5-12-21(15-17)18(22)19(10-6-11-19)13-16-7-3-2-4-8-16;/h2-4,7-8,17,20H,5-6,9-15H2,1H3;1H. The lowest BCUT2D eigenvalue weighted by Gasteiger charge is -2.45. The van der Waals surface area contributed by atoms with Crippen molar-refractivity contribution >= 4 is 18.3 Å². The lowest BCUT2D eigenvalue weighted by atomic mass is 9.64. The molecule has 128 valence electrons. The summed E-state index contributed by atoms with van der Waals surface area (Å²) in [6.07, 6.45) is 6.64. The molecule has 1 amide bonds. The van der Waals surface area contributed by atoms with Gasteiger partial charge in [-0.05, 0) is 57.2 Å². The highest BCUT2D eigenvalue weighted by atomic mass is 35.5. The molecule has 23 heavy (non-hydrogen) atoms. The second-order valence-corrected chi connectivity index (χ2v) is 7.11. The van der Waals surface area contributed by atoms with Gasteiger partial charge in [0.2, 0.25) is 5.91 Å². The Morgan fingerprint density at radius 1 is 1.26 bits per heavy atom. The lowest BCUT2D eigenvalue weighted by molar-refractivity contribution is -0.149. The van der Waals surface area contributed by atoms with Gasteiger partial charge in [0.05, 0.1) is 5.41 Å². The second-order valence-electron chi connectivity index (χ2n) is 7.11. The van der Waals surface area contributed by atoms with Gasteiger partial charge in [-0.25, -0.2) is 0 Å².